The number of benzene rings is 2. The fraction of sp³-hybridized carbons (Fsp3) is 0.316. The van der Waals surface area contributed by atoms with E-state index in [1.807, 2.05) is 30.5 Å². The molecule has 0 spiro atoms. The third-order valence-electron chi connectivity index (χ3n) is 3.35. The number of aryl methyl sites for hydroxylation is 1. The van der Waals surface area contributed by atoms with E-state index in [9.17, 15) is 0 Å². The molecule has 0 heterocycles. The predicted octanol–water partition coefficient (Wildman–Crippen LogP) is 5.18. The van der Waals surface area contributed by atoms with Crippen LogP contribution in [0.4, 0.5) is 5.69 Å². The Kier molecular flexibility index (Phi) is 6.01. The summed E-state index contributed by atoms with van der Waals surface area (Å²) in [5.74, 6) is 0.924. The van der Waals surface area contributed by atoms with E-state index in [4.69, 9.17) is 4.74 Å². The van der Waals surface area contributed by atoms with Gasteiger partial charge in [0.2, 0.25) is 0 Å². The number of hydrogen-bond donors (Lipinski definition) is 0. The lowest BCUT2D eigenvalue weighted by molar-refractivity contribution is 0.309. The average molecular weight is 281 g/mol. The van der Waals surface area contributed by atoms with Crippen molar-refractivity contribution in [1.29, 1.82) is 0 Å². The second-order valence-corrected chi connectivity index (χ2v) is 5.05. The molecule has 0 aliphatic heterocycles. The number of nitrogens with zero attached hydrogens (tertiary/aromatic N) is 1. The summed E-state index contributed by atoms with van der Waals surface area (Å²) in [6.45, 7) is 5.10. The van der Waals surface area contributed by atoms with Crippen LogP contribution in [-0.4, -0.2) is 12.8 Å². The molecule has 2 aromatic rings. The van der Waals surface area contributed by atoms with Crippen LogP contribution in [-0.2, 0) is 6.42 Å². The summed E-state index contributed by atoms with van der Waals surface area (Å²) in [6, 6.07) is 16.4. The van der Waals surface area contributed by atoms with Crippen molar-refractivity contribution in [2.24, 2.45) is 4.99 Å². The molecule has 0 saturated carbocycles. The van der Waals surface area contributed by atoms with Gasteiger partial charge < -0.3 is 4.74 Å². The molecule has 110 valence electrons. The zero-order valence-electron chi connectivity index (χ0n) is 12.9. The SMILES string of the molecule is CCCCOc1ccc(C=Nc2ccc(CC)cc2)cc1. The molecular weight excluding hydrogens is 258 g/mol. The molecule has 2 heteroatoms. The first kappa shape index (κ1) is 15.3. The molecule has 0 fully saturated rings. The highest BCUT2D eigenvalue weighted by Gasteiger charge is 1.94. The molecule has 0 unspecified atom stereocenters. The van der Waals surface area contributed by atoms with Crippen molar-refractivity contribution in [3.8, 4) is 5.75 Å². The van der Waals surface area contributed by atoms with Gasteiger partial charge in [-0.05, 0) is 60.4 Å². The molecule has 0 bridgehead atoms. The first-order chi connectivity index (χ1) is 10.3. The normalized spacial score (nSPS) is 11.0. The Bertz CT molecular complexity index is 555. The minimum atomic E-state index is 0.785. The first-order valence-electron chi connectivity index (χ1n) is 7.67. The van der Waals surface area contributed by atoms with E-state index >= 15 is 0 Å². The van der Waals surface area contributed by atoms with Crippen molar-refractivity contribution in [3.05, 3.63) is 59.7 Å². The molecule has 0 aromatic heterocycles. The number of hydrogen-bond acceptors (Lipinski definition) is 2. The van der Waals surface area contributed by atoms with Crippen molar-refractivity contribution in [2.45, 2.75) is 33.1 Å². The van der Waals surface area contributed by atoms with E-state index in [0.29, 0.717) is 0 Å². The second kappa shape index (κ2) is 8.25. The Morgan fingerprint density at radius 3 is 2.29 bits per heavy atom. The topological polar surface area (TPSA) is 21.6 Å². The van der Waals surface area contributed by atoms with Gasteiger partial charge in [0.05, 0.1) is 12.3 Å². The Hall–Kier alpha value is -2.09. The van der Waals surface area contributed by atoms with Crippen LogP contribution in [0.25, 0.3) is 0 Å². The Morgan fingerprint density at radius 1 is 0.952 bits per heavy atom. The van der Waals surface area contributed by atoms with Crippen molar-refractivity contribution >= 4 is 11.9 Å². The number of rotatable bonds is 7. The van der Waals surface area contributed by atoms with Crippen LogP contribution in [0.2, 0.25) is 0 Å². The average Bonchev–Trinajstić information content (AvgIpc) is 2.55. The molecule has 21 heavy (non-hydrogen) atoms. The zero-order chi connectivity index (χ0) is 14.9. The zero-order valence-corrected chi connectivity index (χ0v) is 12.9. The van der Waals surface area contributed by atoms with E-state index in [1.165, 1.54) is 5.56 Å². The van der Waals surface area contributed by atoms with E-state index < -0.39 is 0 Å². The molecule has 0 saturated heterocycles. The van der Waals surface area contributed by atoms with Gasteiger partial charge >= 0.3 is 0 Å². The third kappa shape index (κ3) is 5.07. The molecule has 0 aliphatic carbocycles. The molecule has 0 N–H and O–H groups in total. The van der Waals surface area contributed by atoms with Crippen molar-refractivity contribution < 1.29 is 4.74 Å². The first-order valence-corrected chi connectivity index (χ1v) is 7.67. The Labute approximate surface area is 127 Å². The van der Waals surface area contributed by atoms with E-state index in [2.05, 4.69) is 43.1 Å². The quantitative estimate of drug-likeness (QED) is 0.506. The maximum absolute atomic E-state index is 5.65. The number of aliphatic imine (C=N–C) groups is 1. The second-order valence-electron chi connectivity index (χ2n) is 5.05. The van der Waals surface area contributed by atoms with Gasteiger partial charge in [-0.3, -0.25) is 4.99 Å². The Morgan fingerprint density at radius 2 is 1.67 bits per heavy atom. The maximum Gasteiger partial charge on any atom is 0.119 e. The summed E-state index contributed by atoms with van der Waals surface area (Å²) < 4.78 is 5.65. The monoisotopic (exact) mass is 281 g/mol. The fourth-order valence-corrected chi connectivity index (χ4v) is 1.95. The van der Waals surface area contributed by atoms with Crippen LogP contribution in [0.1, 0.15) is 37.8 Å². The summed E-state index contributed by atoms with van der Waals surface area (Å²) in [4.78, 5) is 4.49. The van der Waals surface area contributed by atoms with Gasteiger partial charge in [-0.15, -0.1) is 0 Å². The van der Waals surface area contributed by atoms with Gasteiger partial charge in [-0.2, -0.15) is 0 Å². The summed E-state index contributed by atoms with van der Waals surface area (Å²) in [5.41, 5.74) is 3.40. The molecule has 2 rings (SSSR count). The minimum Gasteiger partial charge on any atom is -0.494 e. The highest BCUT2D eigenvalue weighted by atomic mass is 16.5. The lowest BCUT2D eigenvalue weighted by Gasteiger charge is -2.04. The van der Waals surface area contributed by atoms with Crippen molar-refractivity contribution in [1.82, 2.24) is 0 Å². The molecule has 2 aromatic carbocycles. The van der Waals surface area contributed by atoms with Crippen LogP contribution < -0.4 is 4.74 Å². The van der Waals surface area contributed by atoms with Gasteiger partial charge in [0.1, 0.15) is 5.75 Å². The standard InChI is InChI=1S/C19H23NO/c1-3-5-14-21-19-12-8-17(9-13-19)15-20-18-10-6-16(4-2)7-11-18/h6-13,15H,3-5,14H2,1-2H3. The molecule has 2 nitrogen and oxygen atoms in total. The summed E-state index contributed by atoms with van der Waals surface area (Å²) in [5, 5.41) is 0. The Balaban J connectivity index is 1.93. The number of unbranched alkanes of at least 4 members (excludes halogenated alkanes) is 1. The van der Waals surface area contributed by atoms with Gasteiger partial charge in [-0.1, -0.05) is 32.4 Å². The van der Waals surface area contributed by atoms with Crippen LogP contribution in [0, 0.1) is 0 Å². The van der Waals surface area contributed by atoms with Gasteiger partial charge in [0.15, 0.2) is 0 Å². The minimum absolute atomic E-state index is 0.785. The molecule has 0 aliphatic rings. The third-order valence-corrected chi connectivity index (χ3v) is 3.35. The largest absolute Gasteiger partial charge is 0.494 e. The summed E-state index contributed by atoms with van der Waals surface area (Å²) in [6.07, 6.45) is 5.19. The highest BCUT2D eigenvalue weighted by Crippen LogP contribution is 2.15. The van der Waals surface area contributed by atoms with Crippen molar-refractivity contribution in [3.63, 3.8) is 0 Å². The van der Waals surface area contributed by atoms with Crippen LogP contribution in [0.3, 0.4) is 0 Å². The van der Waals surface area contributed by atoms with Crippen molar-refractivity contribution in [2.75, 3.05) is 6.61 Å². The predicted molar refractivity (Wildman–Crippen MR) is 89.9 cm³/mol. The number of ether oxygens (including phenoxy) is 1. The lowest BCUT2D eigenvalue weighted by atomic mass is 10.1. The smallest absolute Gasteiger partial charge is 0.119 e. The summed E-state index contributed by atoms with van der Waals surface area (Å²) in [7, 11) is 0. The fourth-order valence-electron chi connectivity index (χ4n) is 1.95. The van der Waals surface area contributed by atoms with Crippen LogP contribution >= 0.6 is 0 Å². The van der Waals surface area contributed by atoms with Crippen LogP contribution in [0.5, 0.6) is 5.75 Å². The molecule has 0 radical (unpaired) electrons. The van der Waals surface area contributed by atoms with Gasteiger partial charge in [0.25, 0.3) is 0 Å². The summed E-state index contributed by atoms with van der Waals surface area (Å²) >= 11 is 0. The van der Waals surface area contributed by atoms with E-state index in [1.54, 1.807) is 0 Å². The lowest BCUT2D eigenvalue weighted by Crippen LogP contribution is -1.96. The molecule has 0 amide bonds. The van der Waals surface area contributed by atoms with E-state index in [0.717, 1.165) is 42.9 Å². The maximum atomic E-state index is 5.65. The molecular formula is C19H23NO. The van der Waals surface area contributed by atoms with Crippen LogP contribution in [0.15, 0.2) is 53.5 Å². The van der Waals surface area contributed by atoms with Gasteiger partial charge in [-0.25, -0.2) is 0 Å². The molecule has 0 atom stereocenters. The van der Waals surface area contributed by atoms with E-state index in [-0.39, 0.29) is 0 Å². The highest BCUT2D eigenvalue weighted by molar-refractivity contribution is 5.82. The van der Waals surface area contributed by atoms with Gasteiger partial charge in [0, 0.05) is 6.21 Å².